The highest BCUT2D eigenvalue weighted by Crippen LogP contribution is 2.23. The number of nitrogens with zero attached hydrogens (tertiary/aromatic N) is 2. The molecule has 1 saturated heterocycles. The number of piperidine rings is 1. The summed E-state index contributed by atoms with van der Waals surface area (Å²) in [5, 5.41) is 9.15. The molecule has 120 valence electrons. The fourth-order valence-corrected chi connectivity index (χ4v) is 4.48. The van der Waals surface area contributed by atoms with Crippen LogP contribution in [0.25, 0.3) is 0 Å². The van der Waals surface area contributed by atoms with Gasteiger partial charge in [-0.25, -0.2) is 0 Å². The van der Waals surface area contributed by atoms with Crippen molar-refractivity contribution in [1.82, 2.24) is 8.61 Å². The summed E-state index contributed by atoms with van der Waals surface area (Å²) in [6, 6.07) is 0.0436. The molecule has 0 spiro atoms. The van der Waals surface area contributed by atoms with Gasteiger partial charge >= 0.3 is 0 Å². The zero-order valence-corrected chi connectivity index (χ0v) is 13.9. The van der Waals surface area contributed by atoms with Crippen LogP contribution in [0.5, 0.6) is 0 Å². The van der Waals surface area contributed by atoms with Gasteiger partial charge in [0.15, 0.2) is 0 Å². The average molecular weight is 306 g/mol. The molecule has 1 rings (SSSR count). The lowest BCUT2D eigenvalue weighted by molar-refractivity contribution is 0.164. The molecule has 1 aliphatic rings. The van der Waals surface area contributed by atoms with Gasteiger partial charge in [-0.1, -0.05) is 20.3 Å². The number of unbranched alkanes of at least 4 members (excludes halogenated alkanes) is 1. The molecule has 1 N–H and O–H groups in total. The molecule has 0 bridgehead atoms. The lowest BCUT2D eigenvalue weighted by Crippen LogP contribution is -2.50. The SMILES string of the molecule is CCCCN(C(C)CC)S(=O)(=O)N1CCC(CO)CC1. The summed E-state index contributed by atoms with van der Waals surface area (Å²) in [5.41, 5.74) is 0. The normalized spacial score (nSPS) is 20.4. The Kier molecular flexibility index (Phi) is 7.43. The molecule has 1 fully saturated rings. The molecule has 5 nitrogen and oxygen atoms in total. The van der Waals surface area contributed by atoms with Crippen LogP contribution in [0.1, 0.15) is 52.9 Å². The van der Waals surface area contributed by atoms with Crippen LogP contribution in [0.4, 0.5) is 0 Å². The molecule has 0 amide bonds. The fraction of sp³-hybridized carbons (Fsp3) is 1.00. The summed E-state index contributed by atoms with van der Waals surface area (Å²) in [5.74, 6) is 0.258. The van der Waals surface area contributed by atoms with Gasteiger partial charge in [-0.3, -0.25) is 0 Å². The minimum Gasteiger partial charge on any atom is -0.396 e. The van der Waals surface area contributed by atoms with Crippen LogP contribution < -0.4 is 0 Å². The minimum absolute atomic E-state index is 0.0436. The van der Waals surface area contributed by atoms with Crippen LogP contribution in [-0.4, -0.2) is 54.4 Å². The maximum Gasteiger partial charge on any atom is 0.282 e. The van der Waals surface area contributed by atoms with Crippen molar-refractivity contribution in [1.29, 1.82) is 0 Å². The number of rotatable bonds is 8. The van der Waals surface area contributed by atoms with Crippen molar-refractivity contribution >= 4 is 10.2 Å². The summed E-state index contributed by atoms with van der Waals surface area (Å²) in [4.78, 5) is 0. The Morgan fingerprint density at radius 1 is 1.30 bits per heavy atom. The third-order valence-electron chi connectivity index (χ3n) is 4.27. The Labute approximate surface area is 124 Å². The molecule has 0 aromatic heterocycles. The van der Waals surface area contributed by atoms with E-state index in [2.05, 4.69) is 6.92 Å². The highest BCUT2D eigenvalue weighted by atomic mass is 32.2. The molecule has 1 heterocycles. The van der Waals surface area contributed by atoms with Gasteiger partial charge in [0.2, 0.25) is 0 Å². The second-order valence-corrected chi connectivity index (χ2v) is 7.64. The van der Waals surface area contributed by atoms with Crippen molar-refractivity contribution in [2.75, 3.05) is 26.2 Å². The number of hydrogen-bond donors (Lipinski definition) is 1. The molecule has 1 atom stereocenters. The predicted octanol–water partition coefficient (Wildman–Crippen LogP) is 1.84. The first kappa shape index (κ1) is 17.9. The number of aliphatic hydroxyl groups excluding tert-OH is 1. The van der Waals surface area contributed by atoms with Crippen molar-refractivity contribution in [2.24, 2.45) is 5.92 Å². The maximum atomic E-state index is 12.8. The molecule has 0 saturated carbocycles. The Balaban J connectivity index is 2.77. The first-order chi connectivity index (χ1) is 9.47. The second-order valence-electron chi connectivity index (χ2n) is 5.75. The third-order valence-corrected chi connectivity index (χ3v) is 6.42. The van der Waals surface area contributed by atoms with Crippen LogP contribution in [-0.2, 0) is 10.2 Å². The number of hydrogen-bond acceptors (Lipinski definition) is 3. The average Bonchev–Trinajstić information content (AvgIpc) is 2.47. The molecule has 20 heavy (non-hydrogen) atoms. The Morgan fingerprint density at radius 3 is 2.35 bits per heavy atom. The monoisotopic (exact) mass is 306 g/mol. The highest BCUT2D eigenvalue weighted by Gasteiger charge is 2.34. The van der Waals surface area contributed by atoms with E-state index in [1.54, 1.807) is 8.61 Å². The molecule has 0 radical (unpaired) electrons. The zero-order valence-electron chi connectivity index (χ0n) is 13.1. The molecular weight excluding hydrogens is 276 g/mol. The smallest absolute Gasteiger partial charge is 0.282 e. The molecule has 0 aromatic rings. The molecule has 6 heteroatoms. The maximum absolute atomic E-state index is 12.8. The topological polar surface area (TPSA) is 60.9 Å². The van der Waals surface area contributed by atoms with Crippen LogP contribution >= 0.6 is 0 Å². The largest absolute Gasteiger partial charge is 0.396 e. The van der Waals surface area contributed by atoms with Crippen LogP contribution in [0, 0.1) is 5.92 Å². The Hall–Kier alpha value is -0.170. The Morgan fingerprint density at radius 2 is 1.90 bits per heavy atom. The molecule has 1 aliphatic heterocycles. The second kappa shape index (κ2) is 8.32. The van der Waals surface area contributed by atoms with Gasteiger partial charge in [0.25, 0.3) is 10.2 Å². The van der Waals surface area contributed by atoms with Crippen LogP contribution in [0.15, 0.2) is 0 Å². The van der Waals surface area contributed by atoms with E-state index in [0.29, 0.717) is 19.6 Å². The van der Waals surface area contributed by atoms with Gasteiger partial charge in [-0.2, -0.15) is 17.0 Å². The first-order valence-electron chi connectivity index (χ1n) is 7.85. The Bertz CT molecular complexity index is 365. The molecular formula is C14H30N2O3S. The lowest BCUT2D eigenvalue weighted by atomic mass is 10.00. The van der Waals surface area contributed by atoms with Crippen molar-refractivity contribution in [3.63, 3.8) is 0 Å². The van der Waals surface area contributed by atoms with Crippen molar-refractivity contribution in [2.45, 2.75) is 58.9 Å². The quantitative estimate of drug-likeness (QED) is 0.744. The lowest BCUT2D eigenvalue weighted by Gasteiger charge is -2.36. The molecule has 0 aliphatic carbocycles. The van der Waals surface area contributed by atoms with Crippen molar-refractivity contribution in [3.05, 3.63) is 0 Å². The van der Waals surface area contributed by atoms with E-state index in [-0.39, 0.29) is 18.6 Å². The van der Waals surface area contributed by atoms with E-state index >= 15 is 0 Å². The van der Waals surface area contributed by atoms with E-state index in [9.17, 15) is 8.42 Å². The van der Waals surface area contributed by atoms with Gasteiger partial charge in [-0.15, -0.1) is 0 Å². The van der Waals surface area contributed by atoms with Gasteiger partial charge in [0.05, 0.1) is 0 Å². The third kappa shape index (κ3) is 4.41. The highest BCUT2D eigenvalue weighted by molar-refractivity contribution is 7.86. The standard InChI is InChI=1S/C14H30N2O3S/c1-4-6-9-16(13(3)5-2)20(18,19)15-10-7-14(12-17)8-11-15/h13-14,17H,4-12H2,1-3H3. The molecule has 0 aromatic carbocycles. The summed E-state index contributed by atoms with van der Waals surface area (Å²) < 4.78 is 28.8. The van der Waals surface area contributed by atoms with Gasteiger partial charge in [-0.05, 0) is 38.5 Å². The zero-order chi connectivity index (χ0) is 15.2. The van der Waals surface area contributed by atoms with E-state index < -0.39 is 10.2 Å². The van der Waals surface area contributed by atoms with E-state index in [1.165, 1.54) is 0 Å². The van der Waals surface area contributed by atoms with E-state index in [4.69, 9.17) is 5.11 Å². The van der Waals surface area contributed by atoms with Gasteiger partial charge < -0.3 is 5.11 Å². The van der Waals surface area contributed by atoms with Crippen molar-refractivity contribution < 1.29 is 13.5 Å². The summed E-state index contributed by atoms with van der Waals surface area (Å²) in [7, 11) is -3.35. The van der Waals surface area contributed by atoms with Crippen LogP contribution in [0.3, 0.4) is 0 Å². The predicted molar refractivity (Wildman–Crippen MR) is 81.7 cm³/mol. The minimum atomic E-state index is -3.35. The van der Waals surface area contributed by atoms with Gasteiger partial charge in [0, 0.05) is 32.3 Å². The number of aliphatic hydroxyl groups is 1. The van der Waals surface area contributed by atoms with Gasteiger partial charge in [0.1, 0.15) is 0 Å². The van der Waals surface area contributed by atoms with E-state index in [0.717, 1.165) is 32.1 Å². The first-order valence-corrected chi connectivity index (χ1v) is 9.24. The fourth-order valence-electron chi connectivity index (χ4n) is 2.55. The molecule has 1 unspecified atom stereocenters. The van der Waals surface area contributed by atoms with E-state index in [1.807, 2.05) is 13.8 Å². The summed E-state index contributed by atoms with van der Waals surface area (Å²) in [6.07, 6.45) is 4.25. The summed E-state index contributed by atoms with van der Waals surface area (Å²) in [6.45, 7) is 7.92. The van der Waals surface area contributed by atoms with Crippen LogP contribution in [0.2, 0.25) is 0 Å². The van der Waals surface area contributed by atoms with Crippen molar-refractivity contribution in [3.8, 4) is 0 Å². The summed E-state index contributed by atoms with van der Waals surface area (Å²) >= 11 is 0.